The van der Waals surface area contributed by atoms with Crippen molar-refractivity contribution in [1.82, 2.24) is 4.98 Å². The predicted octanol–water partition coefficient (Wildman–Crippen LogP) is 4.96. The maximum absolute atomic E-state index is 13.1. The fourth-order valence-corrected chi connectivity index (χ4v) is 4.72. The fraction of sp³-hybridized carbons (Fsp3) is 0.227. The number of hydrogen-bond donors (Lipinski definition) is 2. The second kappa shape index (κ2) is 9.73. The van der Waals surface area contributed by atoms with Crippen LogP contribution in [0.2, 0.25) is 0 Å². The van der Waals surface area contributed by atoms with Crippen molar-refractivity contribution >= 4 is 46.2 Å². The third-order valence-electron chi connectivity index (χ3n) is 4.90. The summed E-state index contributed by atoms with van der Waals surface area (Å²) >= 11 is 1.50. The molecule has 2 heterocycles. The van der Waals surface area contributed by atoms with E-state index in [-0.39, 0.29) is 24.2 Å². The van der Waals surface area contributed by atoms with Crippen molar-refractivity contribution < 1.29 is 14.3 Å². The lowest BCUT2D eigenvalue weighted by Gasteiger charge is -2.13. The summed E-state index contributed by atoms with van der Waals surface area (Å²) in [6.07, 6.45) is 7.06. The average molecular weight is 444 g/mol. The highest BCUT2D eigenvalue weighted by Crippen LogP contribution is 2.38. The molecule has 0 unspecified atom stereocenters. The first-order valence-electron chi connectivity index (χ1n) is 9.47. The number of fused-ring (bicyclic) bond motifs is 1. The van der Waals surface area contributed by atoms with E-state index in [0.717, 1.165) is 37.0 Å². The van der Waals surface area contributed by atoms with Gasteiger partial charge in [-0.3, -0.25) is 14.6 Å². The molecule has 8 heteroatoms. The molecule has 0 saturated carbocycles. The maximum Gasteiger partial charge on any atom is 0.258 e. The molecule has 1 aromatic carbocycles. The molecule has 1 aliphatic carbocycles. The second-order valence-electron chi connectivity index (χ2n) is 6.79. The Bertz CT molecular complexity index is 1040. The van der Waals surface area contributed by atoms with Gasteiger partial charge in [-0.15, -0.1) is 23.7 Å². The summed E-state index contributed by atoms with van der Waals surface area (Å²) in [5.74, 6) is 0.242. The van der Waals surface area contributed by atoms with Crippen LogP contribution >= 0.6 is 23.7 Å². The van der Waals surface area contributed by atoms with Gasteiger partial charge in [-0.05, 0) is 67.6 Å². The molecule has 156 valence electrons. The molecule has 0 fully saturated rings. The number of halogens is 1. The van der Waals surface area contributed by atoms with Crippen molar-refractivity contribution in [3.05, 3.63) is 70.4 Å². The molecule has 0 spiro atoms. The number of nitrogens with one attached hydrogen (secondary N) is 2. The summed E-state index contributed by atoms with van der Waals surface area (Å²) in [5, 5.41) is 6.47. The largest absolute Gasteiger partial charge is 0.497 e. The number of carbonyl (C=O) groups is 2. The molecule has 4 rings (SSSR count). The Labute approximate surface area is 185 Å². The number of hydrogen-bond acceptors (Lipinski definition) is 5. The van der Waals surface area contributed by atoms with Gasteiger partial charge in [0.1, 0.15) is 10.8 Å². The summed E-state index contributed by atoms with van der Waals surface area (Å²) < 4.78 is 5.16. The zero-order chi connectivity index (χ0) is 20.2. The Kier molecular flexibility index (Phi) is 7.07. The lowest BCUT2D eigenvalue weighted by Crippen LogP contribution is -2.18. The minimum Gasteiger partial charge on any atom is -0.497 e. The number of nitrogens with zero attached hydrogens (tertiary/aromatic N) is 1. The van der Waals surface area contributed by atoms with Crippen molar-refractivity contribution in [2.45, 2.75) is 25.7 Å². The third kappa shape index (κ3) is 4.63. The third-order valence-corrected chi connectivity index (χ3v) is 6.10. The number of aromatic nitrogens is 1. The number of amides is 2. The monoisotopic (exact) mass is 443 g/mol. The smallest absolute Gasteiger partial charge is 0.258 e. The molecule has 6 nitrogen and oxygen atoms in total. The number of methoxy groups -OCH3 is 1. The Balaban J connectivity index is 0.00000256. The molecule has 2 aromatic heterocycles. The Morgan fingerprint density at radius 3 is 2.50 bits per heavy atom. The summed E-state index contributed by atoms with van der Waals surface area (Å²) in [6.45, 7) is 0. The average Bonchev–Trinajstić information content (AvgIpc) is 3.12. The van der Waals surface area contributed by atoms with Crippen LogP contribution < -0.4 is 15.4 Å². The number of thiophene rings is 1. The first-order valence-corrected chi connectivity index (χ1v) is 10.3. The highest BCUT2D eigenvalue weighted by atomic mass is 35.5. The molecular weight excluding hydrogens is 422 g/mol. The zero-order valence-corrected chi connectivity index (χ0v) is 18.1. The maximum atomic E-state index is 13.1. The molecule has 1 aliphatic rings. The van der Waals surface area contributed by atoms with Crippen LogP contribution in [0.15, 0.2) is 48.8 Å². The van der Waals surface area contributed by atoms with E-state index in [9.17, 15) is 9.59 Å². The van der Waals surface area contributed by atoms with Crippen LogP contribution in [-0.2, 0) is 12.8 Å². The first kappa shape index (κ1) is 21.8. The molecule has 0 saturated heterocycles. The number of ether oxygens (including phenoxy) is 1. The van der Waals surface area contributed by atoms with E-state index in [1.165, 1.54) is 22.4 Å². The van der Waals surface area contributed by atoms with Crippen LogP contribution in [0.3, 0.4) is 0 Å². The number of rotatable bonds is 5. The normalized spacial score (nSPS) is 12.3. The highest BCUT2D eigenvalue weighted by Gasteiger charge is 2.26. The van der Waals surface area contributed by atoms with Gasteiger partial charge in [0.2, 0.25) is 0 Å². The standard InChI is InChI=1S/C22H21N3O3S.ClH/c1-28-16-10-8-15(9-11-16)24-21(27)19-17-6-2-3-7-18(17)29-22(19)25-20(26)14-5-4-12-23-13-14;/h4-5,8-13H,2-3,6-7H2,1H3,(H,24,27)(H,25,26);1H. The van der Waals surface area contributed by atoms with Crippen LogP contribution in [0.5, 0.6) is 5.75 Å². The van der Waals surface area contributed by atoms with E-state index < -0.39 is 0 Å². The fourth-order valence-electron chi connectivity index (χ4n) is 3.43. The van der Waals surface area contributed by atoms with Crippen molar-refractivity contribution in [1.29, 1.82) is 0 Å². The summed E-state index contributed by atoms with van der Waals surface area (Å²) in [4.78, 5) is 31.0. The number of pyridine rings is 1. The second-order valence-corrected chi connectivity index (χ2v) is 7.90. The lowest BCUT2D eigenvalue weighted by molar-refractivity contribution is 0.102. The van der Waals surface area contributed by atoms with Gasteiger partial charge in [0.15, 0.2) is 0 Å². The minimum absolute atomic E-state index is 0. The van der Waals surface area contributed by atoms with Crippen LogP contribution in [0.25, 0.3) is 0 Å². The minimum atomic E-state index is -0.268. The van der Waals surface area contributed by atoms with Crippen molar-refractivity contribution in [3.63, 3.8) is 0 Å². The van der Waals surface area contributed by atoms with E-state index in [0.29, 0.717) is 21.8 Å². The molecular formula is C22H22ClN3O3S. The SMILES string of the molecule is COc1ccc(NC(=O)c2c(NC(=O)c3cccnc3)sc3c2CCCC3)cc1.Cl. The number of aryl methyl sites for hydroxylation is 1. The Morgan fingerprint density at radius 1 is 1.03 bits per heavy atom. The van der Waals surface area contributed by atoms with Gasteiger partial charge in [0.05, 0.1) is 18.2 Å². The molecule has 0 radical (unpaired) electrons. The van der Waals surface area contributed by atoms with Gasteiger partial charge in [-0.25, -0.2) is 0 Å². The van der Waals surface area contributed by atoms with Crippen molar-refractivity contribution in [2.24, 2.45) is 0 Å². The predicted molar refractivity (Wildman–Crippen MR) is 121 cm³/mol. The molecule has 0 aliphatic heterocycles. The van der Waals surface area contributed by atoms with Crippen molar-refractivity contribution in [2.75, 3.05) is 17.7 Å². The van der Waals surface area contributed by atoms with Crippen LogP contribution in [0, 0.1) is 0 Å². The van der Waals surface area contributed by atoms with Gasteiger partial charge in [-0.2, -0.15) is 0 Å². The Morgan fingerprint density at radius 2 is 1.80 bits per heavy atom. The van der Waals surface area contributed by atoms with Gasteiger partial charge in [0.25, 0.3) is 11.8 Å². The van der Waals surface area contributed by atoms with Gasteiger partial charge in [-0.1, -0.05) is 0 Å². The van der Waals surface area contributed by atoms with Crippen LogP contribution in [-0.4, -0.2) is 23.9 Å². The van der Waals surface area contributed by atoms with E-state index in [1.54, 1.807) is 49.7 Å². The van der Waals surface area contributed by atoms with Gasteiger partial charge < -0.3 is 15.4 Å². The number of anilines is 2. The van der Waals surface area contributed by atoms with E-state index in [2.05, 4.69) is 15.6 Å². The lowest BCUT2D eigenvalue weighted by atomic mass is 9.95. The molecule has 0 bridgehead atoms. The van der Waals surface area contributed by atoms with E-state index >= 15 is 0 Å². The zero-order valence-electron chi connectivity index (χ0n) is 16.4. The Hall–Kier alpha value is -2.90. The summed E-state index contributed by atoms with van der Waals surface area (Å²) in [6, 6.07) is 10.6. The molecule has 3 aromatic rings. The topological polar surface area (TPSA) is 80.3 Å². The van der Waals surface area contributed by atoms with Gasteiger partial charge >= 0.3 is 0 Å². The molecule has 2 amide bonds. The number of carbonyl (C=O) groups excluding carboxylic acids is 2. The summed E-state index contributed by atoms with van der Waals surface area (Å²) in [7, 11) is 1.60. The number of benzene rings is 1. The van der Waals surface area contributed by atoms with E-state index in [1.807, 2.05) is 0 Å². The first-order chi connectivity index (χ1) is 14.2. The van der Waals surface area contributed by atoms with E-state index in [4.69, 9.17) is 4.74 Å². The highest BCUT2D eigenvalue weighted by molar-refractivity contribution is 7.17. The van der Waals surface area contributed by atoms with Crippen LogP contribution in [0.1, 0.15) is 44.0 Å². The quantitative estimate of drug-likeness (QED) is 0.584. The molecule has 2 N–H and O–H groups in total. The summed E-state index contributed by atoms with van der Waals surface area (Å²) in [5.41, 5.74) is 2.75. The van der Waals surface area contributed by atoms with Crippen LogP contribution in [0.4, 0.5) is 10.7 Å². The van der Waals surface area contributed by atoms with Gasteiger partial charge in [0, 0.05) is 23.0 Å². The van der Waals surface area contributed by atoms with Crippen molar-refractivity contribution in [3.8, 4) is 5.75 Å². The molecule has 30 heavy (non-hydrogen) atoms. The molecule has 0 atom stereocenters.